The summed E-state index contributed by atoms with van der Waals surface area (Å²) in [5, 5.41) is 0. The van der Waals surface area contributed by atoms with Crippen LogP contribution in [-0.2, 0) is 0 Å². The van der Waals surface area contributed by atoms with Gasteiger partial charge in [-0.05, 0) is 26.0 Å². The van der Waals surface area contributed by atoms with Gasteiger partial charge in [0.1, 0.15) is 11.6 Å². The molecule has 0 N–H and O–H groups in total. The van der Waals surface area contributed by atoms with E-state index >= 15 is 0 Å². The van der Waals surface area contributed by atoms with E-state index in [1.54, 1.807) is 6.20 Å². The number of nitrogens with zero attached hydrogens (tertiary/aromatic N) is 4. The van der Waals surface area contributed by atoms with E-state index in [2.05, 4.69) is 19.9 Å². The van der Waals surface area contributed by atoms with Gasteiger partial charge in [0.25, 0.3) is 0 Å². The summed E-state index contributed by atoms with van der Waals surface area (Å²) < 4.78 is 0. The van der Waals surface area contributed by atoms with Crippen LogP contribution in [-0.4, -0.2) is 19.9 Å². The molecule has 3 rings (SSSR count). The van der Waals surface area contributed by atoms with E-state index in [-0.39, 0.29) is 0 Å². The van der Waals surface area contributed by atoms with Gasteiger partial charge in [-0.25, -0.2) is 15.0 Å². The molecule has 0 saturated heterocycles. The Labute approximate surface area is 117 Å². The van der Waals surface area contributed by atoms with Crippen LogP contribution in [0.1, 0.15) is 11.6 Å². The van der Waals surface area contributed by atoms with Crippen molar-refractivity contribution in [3.05, 3.63) is 60.3 Å². The van der Waals surface area contributed by atoms with Gasteiger partial charge in [-0.15, -0.1) is 0 Å². The van der Waals surface area contributed by atoms with E-state index in [1.165, 1.54) is 0 Å². The van der Waals surface area contributed by atoms with E-state index in [0.29, 0.717) is 5.82 Å². The first-order valence-electron chi connectivity index (χ1n) is 6.43. The minimum Gasteiger partial charge on any atom is -0.255 e. The smallest absolute Gasteiger partial charge is 0.164 e. The molecule has 0 aliphatic carbocycles. The molecule has 2 aromatic heterocycles. The van der Waals surface area contributed by atoms with Crippen LogP contribution in [0.4, 0.5) is 0 Å². The third-order valence-electron chi connectivity index (χ3n) is 2.95. The van der Waals surface area contributed by atoms with Crippen molar-refractivity contribution in [2.24, 2.45) is 0 Å². The Bertz CT molecular complexity index is 701. The van der Waals surface area contributed by atoms with Crippen LogP contribution in [0.3, 0.4) is 0 Å². The lowest BCUT2D eigenvalue weighted by atomic mass is 10.1. The monoisotopic (exact) mass is 262 g/mol. The van der Waals surface area contributed by atoms with Crippen molar-refractivity contribution >= 4 is 0 Å². The summed E-state index contributed by atoms with van der Waals surface area (Å²) in [7, 11) is 0. The average Bonchev–Trinajstić information content (AvgIpc) is 2.47. The Morgan fingerprint density at radius 3 is 2.00 bits per heavy atom. The summed E-state index contributed by atoms with van der Waals surface area (Å²) in [6, 6.07) is 14.1. The van der Waals surface area contributed by atoms with Gasteiger partial charge < -0.3 is 0 Å². The molecule has 0 spiro atoms. The highest BCUT2D eigenvalue weighted by Gasteiger charge is 2.05. The van der Waals surface area contributed by atoms with E-state index in [0.717, 1.165) is 28.5 Å². The highest BCUT2D eigenvalue weighted by Crippen LogP contribution is 2.20. The van der Waals surface area contributed by atoms with Crippen molar-refractivity contribution in [3.8, 4) is 22.6 Å². The van der Waals surface area contributed by atoms with Crippen molar-refractivity contribution in [3.63, 3.8) is 0 Å². The van der Waals surface area contributed by atoms with Crippen molar-refractivity contribution in [1.29, 1.82) is 0 Å². The molecule has 2 heterocycles. The Balaban J connectivity index is 1.97. The molecular formula is C16H14N4. The molecule has 0 saturated carbocycles. The zero-order valence-corrected chi connectivity index (χ0v) is 11.4. The number of hydrogen-bond acceptors (Lipinski definition) is 4. The predicted molar refractivity (Wildman–Crippen MR) is 78.0 cm³/mol. The lowest BCUT2D eigenvalue weighted by molar-refractivity contribution is 0.927. The van der Waals surface area contributed by atoms with Crippen LogP contribution >= 0.6 is 0 Å². The van der Waals surface area contributed by atoms with E-state index in [4.69, 9.17) is 0 Å². The zero-order chi connectivity index (χ0) is 13.9. The number of aryl methyl sites for hydroxylation is 2. The fraction of sp³-hybridized carbons (Fsp3) is 0.125. The quantitative estimate of drug-likeness (QED) is 0.711. The first kappa shape index (κ1) is 12.4. The first-order chi connectivity index (χ1) is 9.72. The van der Waals surface area contributed by atoms with Crippen molar-refractivity contribution < 1.29 is 0 Å². The number of aromatic nitrogens is 4. The van der Waals surface area contributed by atoms with E-state index in [9.17, 15) is 0 Å². The molecule has 20 heavy (non-hydrogen) atoms. The molecule has 3 aromatic rings. The van der Waals surface area contributed by atoms with Crippen molar-refractivity contribution in [2.75, 3.05) is 0 Å². The summed E-state index contributed by atoms with van der Waals surface area (Å²) in [6.45, 7) is 3.73. The Kier molecular flexibility index (Phi) is 3.21. The second-order valence-electron chi connectivity index (χ2n) is 4.55. The zero-order valence-electron chi connectivity index (χ0n) is 11.4. The van der Waals surface area contributed by atoms with Crippen molar-refractivity contribution in [1.82, 2.24) is 19.9 Å². The Morgan fingerprint density at radius 1 is 0.700 bits per heavy atom. The molecule has 0 aliphatic rings. The van der Waals surface area contributed by atoms with Gasteiger partial charge in [0.15, 0.2) is 5.82 Å². The van der Waals surface area contributed by atoms with Gasteiger partial charge in [-0.2, -0.15) is 0 Å². The van der Waals surface area contributed by atoms with E-state index in [1.807, 2.05) is 56.3 Å². The molecule has 0 bridgehead atoms. The maximum Gasteiger partial charge on any atom is 0.164 e. The summed E-state index contributed by atoms with van der Waals surface area (Å²) in [4.78, 5) is 17.4. The molecule has 0 atom stereocenters. The highest BCUT2D eigenvalue weighted by atomic mass is 15.0. The second-order valence-corrected chi connectivity index (χ2v) is 4.55. The number of benzene rings is 1. The molecular weight excluding hydrogens is 248 g/mol. The summed E-state index contributed by atoms with van der Waals surface area (Å²) >= 11 is 0. The normalized spacial score (nSPS) is 10.5. The summed E-state index contributed by atoms with van der Waals surface area (Å²) in [6.07, 6.45) is 1.80. The fourth-order valence-electron chi connectivity index (χ4n) is 2.05. The largest absolute Gasteiger partial charge is 0.255 e. The lowest BCUT2D eigenvalue weighted by Crippen LogP contribution is -1.99. The molecule has 4 heteroatoms. The van der Waals surface area contributed by atoms with Gasteiger partial charge in [0.2, 0.25) is 0 Å². The predicted octanol–water partition coefficient (Wildman–Crippen LogP) is 3.22. The van der Waals surface area contributed by atoms with Crippen LogP contribution in [0.15, 0.2) is 48.7 Å². The third-order valence-corrected chi connectivity index (χ3v) is 2.95. The van der Waals surface area contributed by atoms with Gasteiger partial charge in [0.05, 0.1) is 5.69 Å². The van der Waals surface area contributed by atoms with Gasteiger partial charge in [0, 0.05) is 17.3 Å². The summed E-state index contributed by atoms with van der Waals surface area (Å²) in [5.41, 5.74) is 2.94. The standard InChI is InChI=1S/C16H14N4/c1-11-18-12(2)20-16(19-11)14-8-9-15(17-10-14)13-6-4-3-5-7-13/h3-10H,1-2H3. The minimum absolute atomic E-state index is 0.669. The molecule has 98 valence electrons. The SMILES string of the molecule is Cc1nc(C)nc(-c2ccc(-c3ccccc3)nc2)n1. The molecule has 0 amide bonds. The average molecular weight is 262 g/mol. The van der Waals surface area contributed by atoms with Crippen LogP contribution in [0.5, 0.6) is 0 Å². The fourth-order valence-corrected chi connectivity index (χ4v) is 2.05. The number of rotatable bonds is 2. The van der Waals surface area contributed by atoms with Crippen LogP contribution < -0.4 is 0 Å². The number of hydrogen-bond donors (Lipinski definition) is 0. The topological polar surface area (TPSA) is 51.6 Å². The molecule has 0 aliphatic heterocycles. The third kappa shape index (κ3) is 2.54. The first-order valence-corrected chi connectivity index (χ1v) is 6.43. The molecule has 1 aromatic carbocycles. The maximum atomic E-state index is 4.48. The molecule has 0 fully saturated rings. The molecule has 4 nitrogen and oxygen atoms in total. The van der Waals surface area contributed by atoms with Crippen molar-refractivity contribution in [2.45, 2.75) is 13.8 Å². The second kappa shape index (κ2) is 5.17. The van der Waals surface area contributed by atoms with Gasteiger partial charge >= 0.3 is 0 Å². The van der Waals surface area contributed by atoms with Gasteiger partial charge in [-0.3, -0.25) is 4.98 Å². The van der Waals surface area contributed by atoms with Crippen LogP contribution in [0.25, 0.3) is 22.6 Å². The number of pyridine rings is 1. The molecule has 0 unspecified atom stereocenters. The van der Waals surface area contributed by atoms with Gasteiger partial charge in [-0.1, -0.05) is 30.3 Å². The highest BCUT2D eigenvalue weighted by molar-refractivity contribution is 5.62. The minimum atomic E-state index is 0.669. The van der Waals surface area contributed by atoms with Crippen LogP contribution in [0, 0.1) is 13.8 Å². The Morgan fingerprint density at radius 2 is 1.40 bits per heavy atom. The van der Waals surface area contributed by atoms with E-state index < -0.39 is 0 Å². The maximum absolute atomic E-state index is 4.48. The summed E-state index contributed by atoms with van der Waals surface area (Å²) in [5.74, 6) is 2.11. The Hall–Kier alpha value is -2.62. The lowest BCUT2D eigenvalue weighted by Gasteiger charge is -2.04. The molecule has 0 radical (unpaired) electrons. The van der Waals surface area contributed by atoms with Crippen LogP contribution in [0.2, 0.25) is 0 Å².